The second-order valence-corrected chi connectivity index (χ2v) is 9.09. The SMILES string of the molecule is COc1cc2c(cc1OCCC1CCCN1C)N=C(Cc1ccccc1)C21CCC1. The lowest BCUT2D eigenvalue weighted by Crippen LogP contribution is -2.41. The van der Waals surface area contributed by atoms with Crippen LogP contribution >= 0.6 is 0 Å². The van der Waals surface area contributed by atoms with Crippen LogP contribution in [-0.4, -0.2) is 44.0 Å². The van der Waals surface area contributed by atoms with Crippen molar-refractivity contribution in [3.05, 3.63) is 53.6 Å². The number of hydrogen-bond acceptors (Lipinski definition) is 4. The van der Waals surface area contributed by atoms with E-state index in [1.807, 2.05) is 0 Å². The number of aliphatic imine (C=N–C) groups is 1. The molecule has 2 heterocycles. The first kappa shape index (κ1) is 19.6. The fraction of sp³-hybridized carbons (Fsp3) is 0.500. The number of rotatable bonds is 7. The van der Waals surface area contributed by atoms with Crippen molar-refractivity contribution in [3.8, 4) is 11.5 Å². The maximum Gasteiger partial charge on any atom is 0.163 e. The van der Waals surface area contributed by atoms with Gasteiger partial charge >= 0.3 is 0 Å². The third kappa shape index (κ3) is 3.41. The van der Waals surface area contributed by atoms with E-state index in [4.69, 9.17) is 14.5 Å². The normalized spacial score (nSPS) is 21.9. The Labute approximate surface area is 179 Å². The molecule has 3 aliphatic rings. The van der Waals surface area contributed by atoms with Gasteiger partial charge in [0, 0.05) is 29.7 Å². The number of likely N-dealkylation sites (tertiary alicyclic amines) is 1. The second-order valence-electron chi connectivity index (χ2n) is 9.09. The molecule has 1 unspecified atom stereocenters. The molecule has 0 aromatic heterocycles. The zero-order chi connectivity index (χ0) is 20.6. The third-order valence-electron chi connectivity index (χ3n) is 7.41. The number of hydrogen-bond donors (Lipinski definition) is 0. The Morgan fingerprint density at radius 1 is 1.10 bits per heavy atom. The molecule has 1 spiro atoms. The number of nitrogens with zero attached hydrogens (tertiary/aromatic N) is 2. The summed E-state index contributed by atoms with van der Waals surface area (Å²) in [5.74, 6) is 1.67. The Morgan fingerprint density at radius 3 is 2.60 bits per heavy atom. The Hall–Kier alpha value is -2.33. The average Bonchev–Trinajstić information content (AvgIpc) is 3.28. The Morgan fingerprint density at radius 2 is 1.93 bits per heavy atom. The zero-order valence-electron chi connectivity index (χ0n) is 18.2. The highest BCUT2D eigenvalue weighted by atomic mass is 16.5. The van der Waals surface area contributed by atoms with Crippen molar-refractivity contribution in [1.82, 2.24) is 4.90 Å². The van der Waals surface area contributed by atoms with Crippen LogP contribution in [0.25, 0.3) is 0 Å². The van der Waals surface area contributed by atoms with E-state index >= 15 is 0 Å². The smallest absolute Gasteiger partial charge is 0.163 e. The van der Waals surface area contributed by atoms with Gasteiger partial charge in [-0.15, -0.1) is 0 Å². The van der Waals surface area contributed by atoms with Gasteiger partial charge < -0.3 is 14.4 Å². The van der Waals surface area contributed by atoms with Crippen molar-refractivity contribution in [3.63, 3.8) is 0 Å². The molecule has 30 heavy (non-hydrogen) atoms. The van der Waals surface area contributed by atoms with Crippen LogP contribution in [0.2, 0.25) is 0 Å². The molecular formula is C26H32N2O2. The first-order valence-corrected chi connectivity index (χ1v) is 11.4. The van der Waals surface area contributed by atoms with E-state index in [2.05, 4.69) is 54.4 Å². The molecule has 1 saturated carbocycles. The van der Waals surface area contributed by atoms with Crippen LogP contribution in [-0.2, 0) is 11.8 Å². The van der Waals surface area contributed by atoms with Crippen LogP contribution in [0.5, 0.6) is 11.5 Å². The van der Waals surface area contributed by atoms with Gasteiger partial charge in [-0.2, -0.15) is 0 Å². The first-order valence-electron chi connectivity index (χ1n) is 11.4. The van der Waals surface area contributed by atoms with Crippen LogP contribution in [0.4, 0.5) is 5.69 Å². The maximum absolute atomic E-state index is 6.22. The fourth-order valence-electron chi connectivity index (χ4n) is 5.44. The molecule has 0 amide bonds. The molecule has 1 aliphatic carbocycles. The topological polar surface area (TPSA) is 34.1 Å². The van der Waals surface area contributed by atoms with E-state index in [9.17, 15) is 0 Å². The summed E-state index contributed by atoms with van der Waals surface area (Å²) in [6, 6.07) is 15.7. The van der Waals surface area contributed by atoms with Crippen LogP contribution in [0.15, 0.2) is 47.5 Å². The van der Waals surface area contributed by atoms with Gasteiger partial charge in [0.1, 0.15) is 0 Å². The molecule has 1 atom stereocenters. The minimum absolute atomic E-state index is 0.101. The predicted octanol–water partition coefficient (Wildman–Crippen LogP) is 5.31. The number of benzene rings is 2. The highest BCUT2D eigenvalue weighted by molar-refractivity contribution is 6.04. The second kappa shape index (κ2) is 8.07. The molecule has 2 aromatic carbocycles. The van der Waals surface area contributed by atoms with Gasteiger partial charge in [0.2, 0.25) is 0 Å². The molecule has 2 fully saturated rings. The van der Waals surface area contributed by atoms with Gasteiger partial charge in [0.25, 0.3) is 0 Å². The van der Waals surface area contributed by atoms with Crippen molar-refractivity contribution < 1.29 is 9.47 Å². The lowest BCUT2D eigenvalue weighted by Gasteiger charge is -2.40. The van der Waals surface area contributed by atoms with E-state index in [1.165, 1.54) is 55.5 Å². The fourth-order valence-corrected chi connectivity index (χ4v) is 5.44. The van der Waals surface area contributed by atoms with Crippen LogP contribution in [0.3, 0.4) is 0 Å². The summed E-state index contributed by atoms with van der Waals surface area (Å²) in [4.78, 5) is 7.58. The molecule has 0 N–H and O–H groups in total. The molecule has 2 aliphatic heterocycles. The molecule has 1 saturated heterocycles. The van der Waals surface area contributed by atoms with E-state index < -0.39 is 0 Å². The molecule has 2 aromatic rings. The van der Waals surface area contributed by atoms with E-state index in [0.29, 0.717) is 6.04 Å². The summed E-state index contributed by atoms with van der Waals surface area (Å²) in [6.45, 7) is 1.92. The van der Waals surface area contributed by atoms with Gasteiger partial charge in [-0.1, -0.05) is 36.8 Å². The molecule has 0 radical (unpaired) electrons. The minimum atomic E-state index is 0.101. The molecule has 4 heteroatoms. The highest BCUT2D eigenvalue weighted by Crippen LogP contribution is 2.55. The van der Waals surface area contributed by atoms with Crippen molar-refractivity contribution in [2.45, 2.75) is 56.4 Å². The van der Waals surface area contributed by atoms with Gasteiger partial charge in [-0.25, -0.2) is 0 Å². The van der Waals surface area contributed by atoms with Crippen molar-refractivity contribution in [2.24, 2.45) is 4.99 Å². The zero-order valence-corrected chi connectivity index (χ0v) is 18.2. The molecule has 4 nitrogen and oxygen atoms in total. The largest absolute Gasteiger partial charge is 0.493 e. The highest BCUT2D eigenvalue weighted by Gasteiger charge is 2.48. The van der Waals surface area contributed by atoms with E-state index in [1.54, 1.807) is 7.11 Å². The van der Waals surface area contributed by atoms with E-state index in [-0.39, 0.29) is 5.41 Å². The van der Waals surface area contributed by atoms with Gasteiger partial charge in [0.05, 0.1) is 19.4 Å². The van der Waals surface area contributed by atoms with Crippen LogP contribution in [0, 0.1) is 0 Å². The summed E-state index contributed by atoms with van der Waals surface area (Å²) in [5, 5.41) is 0. The lowest BCUT2D eigenvalue weighted by molar-refractivity contribution is 0.227. The minimum Gasteiger partial charge on any atom is -0.493 e. The van der Waals surface area contributed by atoms with Gasteiger partial charge in [-0.3, -0.25) is 4.99 Å². The average molecular weight is 405 g/mol. The quantitative estimate of drug-likeness (QED) is 0.627. The van der Waals surface area contributed by atoms with Crippen LogP contribution in [0.1, 0.15) is 49.7 Å². The Balaban J connectivity index is 1.38. The Bertz CT molecular complexity index is 934. The number of methoxy groups -OCH3 is 1. The predicted molar refractivity (Wildman–Crippen MR) is 122 cm³/mol. The number of fused-ring (bicyclic) bond motifs is 2. The molecular weight excluding hydrogens is 372 g/mol. The summed E-state index contributed by atoms with van der Waals surface area (Å²) >= 11 is 0. The standard InChI is InChI=1S/C26H32N2O2/c1-28-14-6-10-20(28)11-15-30-24-18-22-21(17-23(24)29-2)26(12-7-13-26)25(27-22)16-19-8-4-3-5-9-19/h3-5,8-9,17-18,20H,6-7,10-16H2,1-2H3. The summed E-state index contributed by atoms with van der Waals surface area (Å²) in [5.41, 5.74) is 5.15. The lowest BCUT2D eigenvalue weighted by atomic mass is 9.61. The first-order chi connectivity index (χ1) is 14.7. The van der Waals surface area contributed by atoms with Crippen molar-refractivity contribution >= 4 is 11.4 Å². The molecule has 158 valence electrons. The monoisotopic (exact) mass is 404 g/mol. The van der Waals surface area contributed by atoms with Crippen molar-refractivity contribution in [1.29, 1.82) is 0 Å². The molecule has 0 bridgehead atoms. The van der Waals surface area contributed by atoms with Crippen molar-refractivity contribution in [2.75, 3.05) is 27.3 Å². The summed E-state index contributed by atoms with van der Waals surface area (Å²) in [6.07, 6.45) is 8.18. The van der Waals surface area contributed by atoms with Crippen LogP contribution < -0.4 is 9.47 Å². The van der Waals surface area contributed by atoms with E-state index in [0.717, 1.165) is 36.6 Å². The number of ether oxygens (including phenoxy) is 2. The molecule has 5 rings (SSSR count). The summed E-state index contributed by atoms with van der Waals surface area (Å²) < 4.78 is 12.0. The van der Waals surface area contributed by atoms with Gasteiger partial charge in [-0.05, 0) is 62.9 Å². The third-order valence-corrected chi connectivity index (χ3v) is 7.41. The Kier molecular flexibility index (Phi) is 5.28. The summed E-state index contributed by atoms with van der Waals surface area (Å²) in [7, 11) is 3.96. The van der Waals surface area contributed by atoms with Gasteiger partial charge in [0.15, 0.2) is 11.5 Å². The maximum atomic E-state index is 6.22.